The SMILES string of the molecule is CN(Cc1ccc(Cl)s1)C(=O)c1csc(-c2ccc(Cl)cc2)n1. The highest BCUT2D eigenvalue weighted by molar-refractivity contribution is 7.16. The Bertz CT molecular complexity index is 827. The summed E-state index contributed by atoms with van der Waals surface area (Å²) in [6.07, 6.45) is 0. The summed E-state index contributed by atoms with van der Waals surface area (Å²) in [5.74, 6) is -0.106. The summed E-state index contributed by atoms with van der Waals surface area (Å²) >= 11 is 14.7. The Morgan fingerprint density at radius 2 is 1.91 bits per heavy atom. The molecule has 0 radical (unpaired) electrons. The number of carbonyl (C=O) groups excluding carboxylic acids is 1. The quantitative estimate of drug-likeness (QED) is 0.600. The summed E-state index contributed by atoms with van der Waals surface area (Å²) in [4.78, 5) is 19.6. The van der Waals surface area contributed by atoms with Crippen molar-refractivity contribution in [1.29, 1.82) is 0 Å². The van der Waals surface area contributed by atoms with E-state index in [1.807, 2.05) is 36.4 Å². The van der Waals surface area contributed by atoms with Crippen molar-refractivity contribution in [3.05, 3.63) is 61.7 Å². The second-order valence-electron chi connectivity index (χ2n) is 4.91. The largest absolute Gasteiger partial charge is 0.335 e. The number of aromatic nitrogens is 1. The van der Waals surface area contributed by atoms with E-state index in [4.69, 9.17) is 23.2 Å². The Labute approximate surface area is 152 Å². The number of nitrogens with zero attached hydrogens (tertiary/aromatic N) is 2. The lowest BCUT2D eigenvalue weighted by Gasteiger charge is -2.14. The van der Waals surface area contributed by atoms with Gasteiger partial charge in [0.1, 0.15) is 10.7 Å². The highest BCUT2D eigenvalue weighted by atomic mass is 35.5. The van der Waals surface area contributed by atoms with Crippen LogP contribution in [-0.2, 0) is 6.54 Å². The van der Waals surface area contributed by atoms with Crippen LogP contribution in [0.25, 0.3) is 10.6 Å². The van der Waals surface area contributed by atoms with Crippen LogP contribution < -0.4 is 0 Å². The summed E-state index contributed by atoms with van der Waals surface area (Å²) in [7, 11) is 1.76. The molecule has 0 aliphatic rings. The van der Waals surface area contributed by atoms with Crippen LogP contribution in [0.15, 0.2) is 41.8 Å². The lowest BCUT2D eigenvalue weighted by molar-refractivity contribution is 0.0781. The molecule has 3 rings (SSSR count). The van der Waals surface area contributed by atoms with E-state index in [2.05, 4.69) is 4.98 Å². The maximum absolute atomic E-state index is 12.5. The van der Waals surface area contributed by atoms with E-state index in [1.165, 1.54) is 22.7 Å². The number of benzene rings is 1. The molecular formula is C16H12Cl2N2OS2. The lowest BCUT2D eigenvalue weighted by Crippen LogP contribution is -2.26. The van der Waals surface area contributed by atoms with Crippen LogP contribution >= 0.6 is 45.9 Å². The van der Waals surface area contributed by atoms with Gasteiger partial charge < -0.3 is 4.90 Å². The monoisotopic (exact) mass is 382 g/mol. The zero-order valence-electron chi connectivity index (χ0n) is 12.1. The molecule has 7 heteroatoms. The smallest absolute Gasteiger partial charge is 0.273 e. The molecule has 0 N–H and O–H groups in total. The van der Waals surface area contributed by atoms with Gasteiger partial charge in [0.05, 0.1) is 10.9 Å². The normalized spacial score (nSPS) is 10.7. The van der Waals surface area contributed by atoms with Crippen molar-refractivity contribution in [3.63, 3.8) is 0 Å². The predicted octanol–water partition coefficient (Wildman–Crippen LogP) is 5.45. The molecule has 0 aliphatic heterocycles. The van der Waals surface area contributed by atoms with Crippen molar-refractivity contribution in [3.8, 4) is 10.6 Å². The highest BCUT2D eigenvalue weighted by Crippen LogP contribution is 2.26. The van der Waals surface area contributed by atoms with Gasteiger partial charge in [-0.1, -0.05) is 35.3 Å². The van der Waals surface area contributed by atoms with Gasteiger partial charge in [-0.15, -0.1) is 22.7 Å². The summed E-state index contributed by atoms with van der Waals surface area (Å²) in [5.41, 5.74) is 1.40. The van der Waals surface area contributed by atoms with Crippen LogP contribution in [-0.4, -0.2) is 22.8 Å². The molecule has 0 unspecified atom stereocenters. The first-order valence-electron chi connectivity index (χ1n) is 6.74. The number of hydrogen-bond acceptors (Lipinski definition) is 4. The topological polar surface area (TPSA) is 33.2 Å². The van der Waals surface area contributed by atoms with Crippen molar-refractivity contribution in [2.45, 2.75) is 6.54 Å². The molecule has 0 aliphatic carbocycles. The Hall–Kier alpha value is -1.40. The molecule has 0 saturated carbocycles. The van der Waals surface area contributed by atoms with E-state index in [0.717, 1.165) is 19.8 Å². The molecule has 118 valence electrons. The summed E-state index contributed by atoms with van der Waals surface area (Å²) in [6.45, 7) is 0.518. The van der Waals surface area contributed by atoms with Gasteiger partial charge in [0, 0.05) is 27.9 Å². The minimum atomic E-state index is -0.106. The Morgan fingerprint density at radius 1 is 1.17 bits per heavy atom. The highest BCUT2D eigenvalue weighted by Gasteiger charge is 2.17. The molecule has 2 aromatic heterocycles. The van der Waals surface area contributed by atoms with Gasteiger partial charge in [-0.25, -0.2) is 4.98 Å². The molecule has 1 aromatic carbocycles. The first-order valence-corrected chi connectivity index (χ1v) is 9.19. The molecular weight excluding hydrogens is 371 g/mol. The van der Waals surface area contributed by atoms with Crippen LogP contribution in [0.1, 0.15) is 15.4 Å². The third-order valence-electron chi connectivity index (χ3n) is 3.18. The number of hydrogen-bond donors (Lipinski definition) is 0. The number of amides is 1. The third-order valence-corrected chi connectivity index (χ3v) is 5.54. The van der Waals surface area contributed by atoms with Crippen LogP contribution in [0.5, 0.6) is 0 Å². The molecule has 23 heavy (non-hydrogen) atoms. The number of thiophene rings is 1. The van der Waals surface area contributed by atoms with E-state index in [-0.39, 0.29) is 5.91 Å². The fourth-order valence-electron chi connectivity index (χ4n) is 2.03. The number of carbonyl (C=O) groups is 1. The summed E-state index contributed by atoms with van der Waals surface area (Å²) in [5, 5.41) is 3.26. The van der Waals surface area contributed by atoms with Crippen LogP contribution in [0.2, 0.25) is 9.36 Å². The Morgan fingerprint density at radius 3 is 2.57 bits per heavy atom. The van der Waals surface area contributed by atoms with Gasteiger partial charge in [-0.2, -0.15) is 0 Å². The average Bonchev–Trinajstić information content (AvgIpc) is 3.16. The van der Waals surface area contributed by atoms with Crippen molar-refractivity contribution in [2.24, 2.45) is 0 Å². The van der Waals surface area contributed by atoms with Crippen LogP contribution in [0.4, 0.5) is 0 Å². The van der Waals surface area contributed by atoms with Gasteiger partial charge in [-0.05, 0) is 24.3 Å². The van der Waals surface area contributed by atoms with Gasteiger partial charge in [0.25, 0.3) is 5.91 Å². The lowest BCUT2D eigenvalue weighted by atomic mass is 10.2. The summed E-state index contributed by atoms with van der Waals surface area (Å²) < 4.78 is 0.722. The minimum Gasteiger partial charge on any atom is -0.335 e. The van der Waals surface area contributed by atoms with Gasteiger partial charge in [-0.3, -0.25) is 4.79 Å². The average molecular weight is 383 g/mol. The Balaban J connectivity index is 1.74. The molecule has 0 fully saturated rings. The predicted molar refractivity (Wildman–Crippen MR) is 97.7 cm³/mol. The molecule has 2 heterocycles. The van der Waals surface area contributed by atoms with E-state index < -0.39 is 0 Å². The number of rotatable bonds is 4. The van der Waals surface area contributed by atoms with E-state index >= 15 is 0 Å². The fraction of sp³-hybridized carbons (Fsp3) is 0.125. The van der Waals surface area contributed by atoms with E-state index in [1.54, 1.807) is 17.3 Å². The van der Waals surface area contributed by atoms with Gasteiger partial charge in [0.15, 0.2) is 0 Å². The second-order valence-corrected chi connectivity index (χ2v) is 8.01. The van der Waals surface area contributed by atoms with Crippen LogP contribution in [0.3, 0.4) is 0 Å². The second kappa shape index (κ2) is 7.01. The van der Waals surface area contributed by atoms with Crippen molar-refractivity contribution >= 4 is 51.8 Å². The van der Waals surface area contributed by atoms with Crippen LogP contribution in [0, 0.1) is 0 Å². The van der Waals surface area contributed by atoms with Crippen molar-refractivity contribution < 1.29 is 4.79 Å². The van der Waals surface area contributed by atoms with E-state index in [9.17, 15) is 4.79 Å². The molecule has 3 aromatic rings. The zero-order valence-corrected chi connectivity index (χ0v) is 15.3. The maximum atomic E-state index is 12.5. The van der Waals surface area contributed by atoms with E-state index in [0.29, 0.717) is 17.3 Å². The number of thiazole rings is 1. The Kier molecular flexibility index (Phi) is 5.02. The first-order chi connectivity index (χ1) is 11.0. The molecule has 0 spiro atoms. The van der Waals surface area contributed by atoms with Crippen molar-refractivity contribution in [2.75, 3.05) is 7.05 Å². The molecule has 1 amide bonds. The fourth-order valence-corrected chi connectivity index (χ4v) is 4.10. The summed E-state index contributed by atoms with van der Waals surface area (Å²) in [6, 6.07) is 11.2. The van der Waals surface area contributed by atoms with Gasteiger partial charge >= 0.3 is 0 Å². The molecule has 0 saturated heterocycles. The number of halogens is 2. The molecule has 3 nitrogen and oxygen atoms in total. The van der Waals surface area contributed by atoms with Gasteiger partial charge in [0.2, 0.25) is 0 Å². The standard InChI is InChI=1S/C16H12Cl2N2OS2/c1-20(8-12-6-7-14(18)23-12)16(21)13-9-22-15(19-13)10-2-4-11(17)5-3-10/h2-7,9H,8H2,1H3. The third kappa shape index (κ3) is 3.93. The molecule has 0 atom stereocenters. The minimum absolute atomic E-state index is 0.106. The zero-order chi connectivity index (χ0) is 16.4. The maximum Gasteiger partial charge on any atom is 0.273 e. The van der Waals surface area contributed by atoms with Crippen molar-refractivity contribution in [1.82, 2.24) is 9.88 Å². The molecule has 0 bridgehead atoms. The first kappa shape index (κ1) is 16.5.